The second-order valence-corrected chi connectivity index (χ2v) is 6.50. The monoisotopic (exact) mass is 340 g/mol. The Bertz CT molecular complexity index is 995. The molecule has 0 amide bonds. The third-order valence-electron chi connectivity index (χ3n) is 3.80. The number of aromatic nitrogens is 2. The molecule has 1 heterocycles. The molecule has 0 aliphatic rings. The number of aryl methyl sites for hydroxylation is 2. The minimum absolute atomic E-state index is 0.187. The van der Waals surface area contributed by atoms with E-state index in [2.05, 4.69) is 11.1 Å². The molecule has 3 rings (SSSR count). The van der Waals surface area contributed by atoms with Crippen molar-refractivity contribution in [1.29, 1.82) is 0 Å². The second-order valence-electron chi connectivity index (χ2n) is 5.55. The molecule has 5 nitrogen and oxygen atoms in total. The van der Waals surface area contributed by atoms with Crippen LogP contribution in [0, 0.1) is 13.8 Å². The fraction of sp³-hybridized carbons (Fsp3) is 0.167. The molecule has 0 radical (unpaired) electrons. The van der Waals surface area contributed by atoms with Crippen molar-refractivity contribution in [3.05, 3.63) is 69.5 Å². The molecular formula is C18H16N2O3S. The van der Waals surface area contributed by atoms with Crippen LogP contribution in [-0.4, -0.2) is 20.8 Å². The molecule has 0 fully saturated rings. The van der Waals surface area contributed by atoms with Gasteiger partial charge in [-0.3, -0.25) is 4.79 Å². The number of nitrogens with zero attached hydrogens (tertiary/aromatic N) is 2. The molecule has 24 heavy (non-hydrogen) atoms. The number of fused-ring (bicyclic) bond motifs is 1. The summed E-state index contributed by atoms with van der Waals surface area (Å²) in [5.41, 5.74) is 3.30. The number of rotatable bonds is 3. The smallest absolute Gasteiger partial charge is 0.420 e. The van der Waals surface area contributed by atoms with Crippen LogP contribution < -0.4 is 5.56 Å². The Labute approximate surface area is 143 Å². The Morgan fingerprint density at radius 1 is 1.21 bits per heavy atom. The highest BCUT2D eigenvalue weighted by atomic mass is 32.2. The summed E-state index contributed by atoms with van der Waals surface area (Å²) in [6, 6.07) is 12.9. The van der Waals surface area contributed by atoms with Gasteiger partial charge < -0.3 is 5.11 Å². The normalized spacial score (nSPS) is 10.9. The van der Waals surface area contributed by atoms with E-state index in [0.717, 1.165) is 21.3 Å². The fourth-order valence-electron chi connectivity index (χ4n) is 2.48. The van der Waals surface area contributed by atoms with Crippen molar-refractivity contribution in [2.24, 2.45) is 0 Å². The van der Waals surface area contributed by atoms with Gasteiger partial charge in [-0.1, -0.05) is 47.7 Å². The highest BCUT2D eigenvalue weighted by molar-refractivity contribution is 7.98. The van der Waals surface area contributed by atoms with Gasteiger partial charge in [0.15, 0.2) is 5.16 Å². The molecule has 1 N–H and O–H groups in total. The first kappa shape index (κ1) is 16.3. The lowest BCUT2D eigenvalue weighted by Gasteiger charge is -2.10. The highest BCUT2D eigenvalue weighted by Gasteiger charge is 2.16. The molecule has 0 spiro atoms. The van der Waals surface area contributed by atoms with Crippen molar-refractivity contribution >= 4 is 28.8 Å². The van der Waals surface area contributed by atoms with Crippen LogP contribution in [0.25, 0.3) is 10.9 Å². The second kappa shape index (κ2) is 6.49. The fourth-order valence-corrected chi connectivity index (χ4v) is 3.52. The summed E-state index contributed by atoms with van der Waals surface area (Å²) >= 11 is 1.25. The maximum absolute atomic E-state index is 12.5. The van der Waals surface area contributed by atoms with Crippen LogP contribution in [0.5, 0.6) is 0 Å². The van der Waals surface area contributed by atoms with E-state index in [4.69, 9.17) is 0 Å². The van der Waals surface area contributed by atoms with Crippen molar-refractivity contribution in [2.75, 3.05) is 0 Å². The van der Waals surface area contributed by atoms with Gasteiger partial charge in [-0.25, -0.2) is 9.78 Å². The van der Waals surface area contributed by atoms with Gasteiger partial charge in [0.1, 0.15) is 0 Å². The van der Waals surface area contributed by atoms with Crippen LogP contribution >= 0.6 is 11.8 Å². The average Bonchev–Trinajstić information content (AvgIpc) is 2.55. The number of carbonyl (C=O) groups is 1. The van der Waals surface area contributed by atoms with Crippen LogP contribution in [0.4, 0.5) is 4.79 Å². The Balaban J connectivity index is 2.05. The minimum atomic E-state index is -1.32. The predicted octanol–water partition coefficient (Wildman–Crippen LogP) is 3.83. The maximum Gasteiger partial charge on any atom is 0.420 e. The molecular weight excluding hydrogens is 324 g/mol. The number of hydrogen-bond donors (Lipinski definition) is 1. The van der Waals surface area contributed by atoms with Gasteiger partial charge in [-0.2, -0.15) is 4.57 Å². The van der Waals surface area contributed by atoms with Gasteiger partial charge in [-0.15, -0.1) is 0 Å². The van der Waals surface area contributed by atoms with Gasteiger partial charge in [0, 0.05) is 5.75 Å². The van der Waals surface area contributed by atoms with Crippen molar-refractivity contribution in [2.45, 2.75) is 24.8 Å². The molecule has 0 bridgehead atoms. The SMILES string of the molecule is Cc1ccc(C)c(CSc2nc3ccccc3c(=O)n2C(=O)O)c1. The van der Waals surface area contributed by atoms with E-state index in [9.17, 15) is 14.7 Å². The first-order chi connectivity index (χ1) is 11.5. The van der Waals surface area contributed by atoms with Crippen LogP contribution in [0.1, 0.15) is 16.7 Å². The summed E-state index contributed by atoms with van der Waals surface area (Å²) in [6.45, 7) is 4.02. The predicted molar refractivity (Wildman–Crippen MR) is 94.9 cm³/mol. The summed E-state index contributed by atoms with van der Waals surface area (Å²) in [4.78, 5) is 28.3. The third-order valence-corrected chi connectivity index (χ3v) is 4.79. The zero-order chi connectivity index (χ0) is 17.3. The van der Waals surface area contributed by atoms with Crippen LogP contribution in [0.15, 0.2) is 52.4 Å². The average molecular weight is 340 g/mol. The van der Waals surface area contributed by atoms with Crippen LogP contribution in [-0.2, 0) is 5.75 Å². The molecule has 0 saturated heterocycles. The summed E-state index contributed by atoms with van der Waals surface area (Å²) in [5, 5.41) is 9.90. The van der Waals surface area contributed by atoms with Gasteiger partial charge in [-0.05, 0) is 37.1 Å². The Morgan fingerprint density at radius 2 is 1.96 bits per heavy atom. The van der Waals surface area contributed by atoms with Gasteiger partial charge in [0.05, 0.1) is 10.9 Å². The largest absolute Gasteiger partial charge is 0.464 e. The van der Waals surface area contributed by atoms with Crippen LogP contribution in [0.2, 0.25) is 0 Å². The number of carboxylic acid groups (broad SMARTS) is 1. The van der Waals surface area contributed by atoms with Crippen molar-refractivity contribution < 1.29 is 9.90 Å². The lowest BCUT2D eigenvalue weighted by Crippen LogP contribution is -2.28. The molecule has 3 aromatic rings. The molecule has 6 heteroatoms. The molecule has 0 aliphatic carbocycles. The number of hydrogen-bond acceptors (Lipinski definition) is 4. The molecule has 1 aromatic heterocycles. The summed E-state index contributed by atoms with van der Waals surface area (Å²) in [5.74, 6) is 0.547. The lowest BCUT2D eigenvalue weighted by molar-refractivity contribution is 0.192. The van der Waals surface area contributed by atoms with E-state index >= 15 is 0 Å². The molecule has 0 atom stereocenters. The standard InChI is InChI=1S/C18H16N2O3S/c1-11-7-8-12(2)13(9-11)10-24-17-19-15-6-4-3-5-14(15)16(21)20(17)18(22)23/h3-9H,10H2,1-2H3,(H,22,23). The summed E-state index contributed by atoms with van der Waals surface area (Å²) in [6.07, 6.45) is -1.32. The summed E-state index contributed by atoms with van der Waals surface area (Å²) < 4.78 is 0.720. The first-order valence-electron chi connectivity index (χ1n) is 7.41. The number of benzene rings is 2. The number of para-hydroxylation sites is 1. The maximum atomic E-state index is 12.5. The molecule has 2 aromatic carbocycles. The van der Waals surface area contributed by atoms with E-state index in [-0.39, 0.29) is 5.16 Å². The topological polar surface area (TPSA) is 72.2 Å². The Morgan fingerprint density at radius 3 is 2.71 bits per heavy atom. The van der Waals surface area contributed by atoms with E-state index in [1.807, 2.05) is 26.0 Å². The first-order valence-corrected chi connectivity index (χ1v) is 8.40. The van der Waals surface area contributed by atoms with E-state index < -0.39 is 11.7 Å². The Hall–Kier alpha value is -2.60. The van der Waals surface area contributed by atoms with Gasteiger partial charge in [0.25, 0.3) is 5.56 Å². The third kappa shape index (κ3) is 3.05. The van der Waals surface area contributed by atoms with E-state index in [0.29, 0.717) is 16.7 Å². The van der Waals surface area contributed by atoms with Crippen molar-refractivity contribution in [1.82, 2.24) is 9.55 Å². The summed E-state index contributed by atoms with van der Waals surface area (Å²) in [7, 11) is 0. The van der Waals surface area contributed by atoms with E-state index in [1.54, 1.807) is 24.3 Å². The van der Waals surface area contributed by atoms with Gasteiger partial charge >= 0.3 is 6.09 Å². The Kier molecular flexibility index (Phi) is 4.40. The van der Waals surface area contributed by atoms with Crippen molar-refractivity contribution in [3.8, 4) is 0 Å². The van der Waals surface area contributed by atoms with Crippen molar-refractivity contribution in [3.63, 3.8) is 0 Å². The molecule has 0 aliphatic heterocycles. The minimum Gasteiger partial charge on any atom is -0.464 e. The molecule has 122 valence electrons. The lowest BCUT2D eigenvalue weighted by atomic mass is 10.1. The molecule has 0 unspecified atom stereocenters. The number of thioether (sulfide) groups is 1. The van der Waals surface area contributed by atoms with Crippen LogP contribution in [0.3, 0.4) is 0 Å². The zero-order valence-electron chi connectivity index (χ0n) is 13.3. The van der Waals surface area contributed by atoms with E-state index in [1.165, 1.54) is 11.8 Å². The molecule has 0 saturated carbocycles. The van der Waals surface area contributed by atoms with Gasteiger partial charge in [0.2, 0.25) is 0 Å². The zero-order valence-corrected chi connectivity index (χ0v) is 14.1. The highest BCUT2D eigenvalue weighted by Crippen LogP contribution is 2.24. The quantitative estimate of drug-likeness (QED) is 0.579.